The van der Waals surface area contributed by atoms with Crippen LogP contribution in [0.25, 0.3) is 0 Å². The molecule has 3 unspecified atom stereocenters. The zero-order valence-electron chi connectivity index (χ0n) is 10.7. The minimum Gasteiger partial charge on any atom is -0.491 e. The first-order valence-electron chi connectivity index (χ1n) is 6.89. The number of hydrogen-bond acceptors (Lipinski definition) is 2. The SMILES string of the molecule is OCc1cc(Cl)cc(Cl)c1OCC1CC2CCC1C2. The zero-order valence-corrected chi connectivity index (χ0v) is 12.3. The van der Waals surface area contributed by atoms with Gasteiger partial charge in [-0.15, -0.1) is 0 Å². The second-order valence-corrected chi connectivity index (χ2v) is 6.62. The maximum Gasteiger partial charge on any atom is 0.143 e. The molecule has 2 aliphatic rings. The Labute approximate surface area is 123 Å². The van der Waals surface area contributed by atoms with Gasteiger partial charge in [0, 0.05) is 10.6 Å². The molecule has 2 aliphatic carbocycles. The Morgan fingerprint density at radius 2 is 2.05 bits per heavy atom. The van der Waals surface area contributed by atoms with Crippen LogP contribution >= 0.6 is 23.2 Å². The predicted molar refractivity (Wildman–Crippen MR) is 76.8 cm³/mol. The van der Waals surface area contributed by atoms with Gasteiger partial charge in [0.2, 0.25) is 0 Å². The lowest BCUT2D eigenvalue weighted by atomic mass is 9.89. The van der Waals surface area contributed by atoms with E-state index in [-0.39, 0.29) is 6.61 Å². The molecule has 1 aromatic rings. The van der Waals surface area contributed by atoms with Crippen LogP contribution in [-0.2, 0) is 6.61 Å². The fourth-order valence-electron chi connectivity index (χ4n) is 3.66. The van der Waals surface area contributed by atoms with Crippen LogP contribution in [0.5, 0.6) is 5.75 Å². The molecule has 2 bridgehead atoms. The summed E-state index contributed by atoms with van der Waals surface area (Å²) in [7, 11) is 0. The number of rotatable bonds is 4. The van der Waals surface area contributed by atoms with Crippen LogP contribution in [-0.4, -0.2) is 11.7 Å². The Hall–Kier alpha value is -0.440. The van der Waals surface area contributed by atoms with E-state index in [4.69, 9.17) is 27.9 Å². The van der Waals surface area contributed by atoms with Crippen molar-refractivity contribution >= 4 is 23.2 Å². The van der Waals surface area contributed by atoms with Gasteiger partial charge in [-0.25, -0.2) is 0 Å². The number of ether oxygens (including phenoxy) is 1. The first-order valence-corrected chi connectivity index (χ1v) is 7.64. The van der Waals surface area contributed by atoms with Crippen molar-refractivity contribution in [1.82, 2.24) is 0 Å². The third-order valence-electron chi connectivity index (χ3n) is 4.58. The Bertz CT molecular complexity index is 475. The predicted octanol–water partition coefficient (Wildman–Crippen LogP) is 4.30. The molecule has 2 fully saturated rings. The van der Waals surface area contributed by atoms with Gasteiger partial charge in [-0.3, -0.25) is 0 Å². The molecule has 4 heteroatoms. The van der Waals surface area contributed by atoms with Gasteiger partial charge in [-0.05, 0) is 49.1 Å². The minimum absolute atomic E-state index is 0.105. The van der Waals surface area contributed by atoms with E-state index in [2.05, 4.69) is 0 Å². The highest BCUT2D eigenvalue weighted by molar-refractivity contribution is 6.35. The van der Waals surface area contributed by atoms with Gasteiger partial charge in [-0.2, -0.15) is 0 Å². The Balaban J connectivity index is 1.69. The monoisotopic (exact) mass is 300 g/mol. The summed E-state index contributed by atoms with van der Waals surface area (Å²) >= 11 is 12.1. The summed E-state index contributed by atoms with van der Waals surface area (Å²) < 4.78 is 5.90. The molecule has 0 spiro atoms. The van der Waals surface area contributed by atoms with Gasteiger partial charge in [0.25, 0.3) is 0 Å². The summed E-state index contributed by atoms with van der Waals surface area (Å²) in [5.41, 5.74) is 0.667. The highest BCUT2D eigenvalue weighted by Gasteiger charge is 2.39. The molecular formula is C15H18Cl2O2. The first kappa shape index (κ1) is 13.5. The molecule has 2 saturated carbocycles. The van der Waals surface area contributed by atoms with Gasteiger partial charge in [0.15, 0.2) is 0 Å². The number of halogens is 2. The number of benzene rings is 1. The van der Waals surface area contributed by atoms with Crippen molar-refractivity contribution in [3.05, 3.63) is 27.7 Å². The van der Waals surface area contributed by atoms with Crippen LogP contribution in [0.4, 0.5) is 0 Å². The van der Waals surface area contributed by atoms with Crippen molar-refractivity contribution < 1.29 is 9.84 Å². The standard InChI is InChI=1S/C15H18Cl2O2/c16-13-5-11(7-18)15(14(17)6-13)19-8-12-4-9-1-2-10(12)3-9/h5-6,9-10,12,18H,1-4,7-8H2. The van der Waals surface area contributed by atoms with Crippen LogP contribution in [0.2, 0.25) is 10.0 Å². The number of aliphatic hydroxyl groups is 1. The largest absolute Gasteiger partial charge is 0.491 e. The lowest BCUT2D eigenvalue weighted by Crippen LogP contribution is -2.19. The van der Waals surface area contributed by atoms with Gasteiger partial charge in [0.1, 0.15) is 5.75 Å². The fraction of sp³-hybridized carbons (Fsp3) is 0.600. The summed E-state index contributed by atoms with van der Waals surface area (Å²) in [5, 5.41) is 10.4. The second kappa shape index (κ2) is 5.51. The Morgan fingerprint density at radius 1 is 1.21 bits per heavy atom. The maximum absolute atomic E-state index is 9.37. The fourth-order valence-corrected chi connectivity index (χ4v) is 4.25. The summed E-state index contributed by atoms with van der Waals surface area (Å²) in [6.45, 7) is 0.599. The lowest BCUT2D eigenvalue weighted by molar-refractivity contribution is 0.189. The van der Waals surface area contributed by atoms with Crippen molar-refractivity contribution in [2.75, 3.05) is 6.61 Å². The van der Waals surface area contributed by atoms with E-state index in [0.29, 0.717) is 33.9 Å². The second-order valence-electron chi connectivity index (χ2n) is 5.78. The van der Waals surface area contributed by atoms with Crippen molar-refractivity contribution in [2.45, 2.75) is 32.3 Å². The molecule has 3 rings (SSSR count). The molecule has 0 aromatic heterocycles. The molecule has 0 saturated heterocycles. The highest BCUT2D eigenvalue weighted by Crippen LogP contribution is 2.48. The minimum atomic E-state index is -0.105. The molecule has 1 aromatic carbocycles. The topological polar surface area (TPSA) is 29.5 Å². The number of hydrogen-bond donors (Lipinski definition) is 1. The zero-order chi connectivity index (χ0) is 13.4. The van der Waals surface area contributed by atoms with Crippen LogP contribution < -0.4 is 4.74 Å². The molecule has 104 valence electrons. The maximum atomic E-state index is 9.37. The first-order chi connectivity index (χ1) is 9.17. The van der Waals surface area contributed by atoms with Gasteiger partial charge < -0.3 is 9.84 Å². The third kappa shape index (κ3) is 2.72. The number of aliphatic hydroxyl groups excluding tert-OH is 1. The molecule has 19 heavy (non-hydrogen) atoms. The molecule has 0 heterocycles. The summed E-state index contributed by atoms with van der Waals surface area (Å²) in [5.74, 6) is 2.98. The summed E-state index contributed by atoms with van der Waals surface area (Å²) in [6, 6.07) is 3.38. The van der Waals surface area contributed by atoms with Gasteiger partial charge >= 0.3 is 0 Å². The molecule has 0 aliphatic heterocycles. The van der Waals surface area contributed by atoms with E-state index < -0.39 is 0 Å². The van der Waals surface area contributed by atoms with E-state index in [9.17, 15) is 5.11 Å². The smallest absolute Gasteiger partial charge is 0.143 e. The van der Waals surface area contributed by atoms with E-state index in [1.807, 2.05) is 0 Å². The molecule has 3 atom stereocenters. The van der Waals surface area contributed by atoms with Crippen molar-refractivity contribution in [2.24, 2.45) is 17.8 Å². The van der Waals surface area contributed by atoms with E-state index in [0.717, 1.165) is 11.8 Å². The van der Waals surface area contributed by atoms with Crippen LogP contribution in [0.1, 0.15) is 31.2 Å². The highest BCUT2D eigenvalue weighted by atomic mass is 35.5. The molecule has 2 nitrogen and oxygen atoms in total. The quantitative estimate of drug-likeness (QED) is 0.898. The summed E-state index contributed by atoms with van der Waals surface area (Å²) in [6.07, 6.45) is 5.39. The van der Waals surface area contributed by atoms with Crippen molar-refractivity contribution in [1.29, 1.82) is 0 Å². The van der Waals surface area contributed by atoms with Crippen LogP contribution in [0.15, 0.2) is 12.1 Å². The third-order valence-corrected chi connectivity index (χ3v) is 5.08. The molecule has 1 N–H and O–H groups in total. The van der Waals surface area contributed by atoms with E-state index >= 15 is 0 Å². The van der Waals surface area contributed by atoms with E-state index in [1.165, 1.54) is 25.7 Å². The van der Waals surface area contributed by atoms with Crippen molar-refractivity contribution in [3.63, 3.8) is 0 Å². The van der Waals surface area contributed by atoms with Crippen LogP contribution in [0, 0.1) is 17.8 Å². The normalized spacial score (nSPS) is 28.9. The average molecular weight is 301 g/mol. The van der Waals surface area contributed by atoms with Gasteiger partial charge in [-0.1, -0.05) is 29.6 Å². The molecule has 0 amide bonds. The summed E-state index contributed by atoms with van der Waals surface area (Å²) in [4.78, 5) is 0. The Morgan fingerprint density at radius 3 is 2.68 bits per heavy atom. The Kier molecular flexibility index (Phi) is 3.93. The molecular weight excluding hydrogens is 283 g/mol. The average Bonchev–Trinajstić information content (AvgIpc) is 2.99. The number of fused-ring (bicyclic) bond motifs is 2. The van der Waals surface area contributed by atoms with Crippen molar-refractivity contribution in [3.8, 4) is 5.75 Å². The lowest BCUT2D eigenvalue weighted by Gasteiger charge is -2.23. The molecule has 0 radical (unpaired) electrons. The van der Waals surface area contributed by atoms with Gasteiger partial charge in [0.05, 0.1) is 18.2 Å². The van der Waals surface area contributed by atoms with E-state index in [1.54, 1.807) is 12.1 Å². The van der Waals surface area contributed by atoms with Crippen LogP contribution in [0.3, 0.4) is 0 Å².